The lowest BCUT2D eigenvalue weighted by Crippen LogP contribution is -2.27. The van der Waals surface area contributed by atoms with Gasteiger partial charge >= 0.3 is 6.03 Å². The Hall–Kier alpha value is -4.15. The van der Waals surface area contributed by atoms with Gasteiger partial charge in [-0.1, -0.05) is 12.1 Å². The Morgan fingerprint density at radius 1 is 1.16 bits per heavy atom. The maximum Gasteiger partial charge on any atom is 0.320 e. The molecule has 4 rings (SSSR count). The predicted molar refractivity (Wildman–Crippen MR) is 122 cm³/mol. The standard InChI is InChI=1S/C21H25N9O2/c1-11-17-18(28-30(5)27-17)12-7-6-8-14(19(12)29(11)4)25-15-9-16(26-21(32)23-3)24-10-13(15)20(31)22-2/h6-11H,1-5H3,(H,22,31)(H3,23,24,25,26,32)/i2D3. The monoisotopic (exact) mass is 438 g/mol. The van der Waals surface area contributed by atoms with Crippen molar-refractivity contribution in [2.45, 2.75) is 13.0 Å². The third-order valence-corrected chi connectivity index (χ3v) is 5.36. The van der Waals surface area contributed by atoms with Gasteiger partial charge in [0.15, 0.2) is 0 Å². The van der Waals surface area contributed by atoms with Gasteiger partial charge in [-0.05, 0) is 13.0 Å². The molecule has 1 aliphatic rings. The van der Waals surface area contributed by atoms with Crippen LogP contribution in [0.5, 0.6) is 0 Å². The molecule has 4 N–H and O–H groups in total. The Labute approximate surface area is 189 Å². The van der Waals surface area contributed by atoms with E-state index < -0.39 is 18.9 Å². The second-order valence-corrected chi connectivity index (χ2v) is 7.31. The minimum atomic E-state index is -2.68. The van der Waals surface area contributed by atoms with E-state index in [1.807, 2.05) is 42.4 Å². The molecule has 0 bridgehead atoms. The van der Waals surface area contributed by atoms with Crippen LogP contribution in [0.2, 0.25) is 0 Å². The summed E-state index contributed by atoms with van der Waals surface area (Å²) in [6, 6.07) is 6.50. The van der Waals surface area contributed by atoms with Crippen molar-refractivity contribution in [3.05, 3.63) is 41.7 Å². The number of benzene rings is 1. The highest BCUT2D eigenvalue weighted by molar-refractivity contribution is 6.02. The molecule has 3 amide bonds. The summed E-state index contributed by atoms with van der Waals surface area (Å²) in [6.45, 7) is -0.669. The first-order chi connectivity index (χ1) is 16.5. The predicted octanol–water partition coefficient (Wildman–Crippen LogP) is 2.24. The van der Waals surface area contributed by atoms with Gasteiger partial charge in [0.2, 0.25) is 0 Å². The second kappa shape index (κ2) is 8.17. The number of amides is 3. The molecule has 166 valence electrons. The molecule has 0 fully saturated rings. The minimum absolute atomic E-state index is 0.00659. The zero-order valence-corrected chi connectivity index (χ0v) is 18.0. The highest BCUT2D eigenvalue weighted by Gasteiger charge is 2.32. The number of fused-ring (bicyclic) bond motifs is 3. The summed E-state index contributed by atoms with van der Waals surface area (Å²) in [4.78, 5) is 32.2. The molecule has 3 aromatic rings. The van der Waals surface area contributed by atoms with Crippen LogP contribution < -0.4 is 26.2 Å². The quantitative estimate of drug-likeness (QED) is 0.492. The van der Waals surface area contributed by atoms with Crippen LogP contribution in [0.1, 0.15) is 33.1 Å². The van der Waals surface area contributed by atoms with Gasteiger partial charge in [0.25, 0.3) is 5.91 Å². The van der Waals surface area contributed by atoms with Crippen LogP contribution in [-0.4, -0.2) is 53.0 Å². The average Bonchev–Trinajstić information content (AvgIpc) is 3.18. The van der Waals surface area contributed by atoms with Crippen LogP contribution in [0.15, 0.2) is 30.5 Å². The first-order valence-corrected chi connectivity index (χ1v) is 9.84. The highest BCUT2D eigenvalue weighted by atomic mass is 16.2. The number of carbonyl (C=O) groups is 2. The fourth-order valence-electron chi connectivity index (χ4n) is 3.69. The summed E-state index contributed by atoms with van der Waals surface area (Å²) in [5, 5.41) is 19.2. The van der Waals surface area contributed by atoms with E-state index in [1.165, 1.54) is 24.1 Å². The maximum absolute atomic E-state index is 12.8. The maximum atomic E-state index is 12.8. The Bertz CT molecular complexity index is 1310. The number of pyridine rings is 1. The molecule has 0 radical (unpaired) electrons. The van der Waals surface area contributed by atoms with Crippen LogP contribution in [0.25, 0.3) is 11.3 Å². The molecule has 0 saturated heterocycles. The van der Waals surface area contributed by atoms with E-state index in [1.54, 1.807) is 7.05 Å². The first kappa shape index (κ1) is 17.5. The number of carbonyl (C=O) groups excluding carboxylic acids is 2. The summed E-state index contributed by atoms with van der Waals surface area (Å²) in [5.41, 5.74) is 4.18. The number of nitrogens with zero attached hydrogens (tertiary/aromatic N) is 5. The van der Waals surface area contributed by atoms with Crippen LogP contribution in [0.3, 0.4) is 0 Å². The van der Waals surface area contributed by atoms with Gasteiger partial charge in [-0.25, -0.2) is 9.78 Å². The van der Waals surface area contributed by atoms with Gasteiger partial charge in [0.1, 0.15) is 17.2 Å². The van der Waals surface area contributed by atoms with E-state index in [4.69, 9.17) is 4.11 Å². The smallest absolute Gasteiger partial charge is 0.320 e. The van der Waals surface area contributed by atoms with Crippen LogP contribution in [0, 0.1) is 0 Å². The SMILES string of the molecule is [2H]C([2H])([2H])NC(=O)c1cnc(NC(=O)NC)cc1Nc1cccc2c1N(C)C(C)c1nn(C)nc1-2. The molecule has 3 heterocycles. The molecule has 1 unspecified atom stereocenters. The summed E-state index contributed by atoms with van der Waals surface area (Å²) < 4.78 is 22.1. The van der Waals surface area contributed by atoms with Gasteiger partial charge in [-0.15, -0.1) is 0 Å². The summed E-state index contributed by atoms with van der Waals surface area (Å²) >= 11 is 0. The Morgan fingerprint density at radius 2 is 1.97 bits per heavy atom. The van der Waals surface area contributed by atoms with Gasteiger partial charge < -0.3 is 20.9 Å². The molecular weight excluding hydrogens is 410 g/mol. The number of nitrogens with one attached hydrogen (secondary N) is 4. The van der Waals surface area contributed by atoms with Crippen molar-refractivity contribution in [3.8, 4) is 11.3 Å². The number of para-hydroxylation sites is 1. The fourth-order valence-corrected chi connectivity index (χ4v) is 3.69. The lowest BCUT2D eigenvalue weighted by atomic mass is 9.96. The third-order valence-electron chi connectivity index (χ3n) is 5.36. The second-order valence-electron chi connectivity index (χ2n) is 7.31. The molecule has 0 aliphatic carbocycles. The number of hydrogen-bond acceptors (Lipinski definition) is 7. The molecule has 11 heteroatoms. The van der Waals surface area contributed by atoms with Crippen molar-refractivity contribution >= 4 is 34.8 Å². The molecule has 11 nitrogen and oxygen atoms in total. The Kier molecular flexibility index (Phi) is 4.48. The zero-order chi connectivity index (χ0) is 25.5. The average molecular weight is 439 g/mol. The minimum Gasteiger partial charge on any atom is -0.364 e. The first-order valence-electron chi connectivity index (χ1n) is 11.3. The van der Waals surface area contributed by atoms with E-state index in [2.05, 4.69) is 31.1 Å². The van der Waals surface area contributed by atoms with Crippen molar-refractivity contribution in [2.75, 3.05) is 36.6 Å². The number of rotatable bonds is 4. The van der Waals surface area contributed by atoms with Crippen LogP contribution in [0.4, 0.5) is 27.7 Å². The van der Waals surface area contributed by atoms with Gasteiger partial charge in [-0.2, -0.15) is 15.0 Å². The molecule has 1 atom stereocenters. The molecule has 1 aliphatic heterocycles. The fraction of sp³-hybridized carbons (Fsp3) is 0.286. The highest BCUT2D eigenvalue weighted by Crippen LogP contribution is 2.46. The van der Waals surface area contributed by atoms with Gasteiger partial charge in [0, 0.05) is 50.1 Å². The summed E-state index contributed by atoms with van der Waals surface area (Å²) in [7, 11) is 5.15. The van der Waals surface area contributed by atoms with E-state index in [-0.39, 0.29) is 23.1 Å². The van der Waals surface area contributed by atoms with Crippen molar-refractivity contribution in [1.29, 1.82) is 0 Å². The normalized spacial score (nSPS) is 16.1. The number of urea groups is 1. The molecule has 2 aromatic heterocycles. The number of hydrogen-bond donors (Lipinski definition) is 4. The van der Waals surface area contributed by atoms with Gasteiger partial charge in [0.05, 0.1) is 28.7 Å². The molecule has 0 saturated carbocycles. The van der Waals surface area contributed by atoms with Crippen LogP contribution >= 0.6 is 0 Å². The van der Waals surface area contributed by atoms with E-state index in [9.17, 15) is 9.59 Å². The van der Waals surface area contributed by atoms with Crippen molar-refractivity contribution < 1.29 is 13.7 Å². The Morgan fingerprint density at radius 3 is 2.72 bits per heavy atom. The van der Waals surface area contributed by atoms with E-state index in [0.717, 1.165) is 22.6 Å². The van der Waals surface area contributed by atoms with Crippen molar-refractivity contribution in [2.24, 2.45) is 7.05 Å². The lowest BCUT2D eigenvalue weighted by Gasteiger charge is -2.34. The zero-order valence-electron chi connectivity index (χ0n) is 21.0. The number of aromatic nitrogens is 4. The van der Waals surface area contributed by atoms with Crippen LogP contribution in [-0.2, 0) is 7.05 Å². The van der Waals surface area contributed by atoms with E-state index >= 15 is 0 Å². The number of anilines is 4. The van der Waals surface area contributed by atoms with Crippen molar-refractivity contribution in [1.82, 2.24) is 30.6 Å². The Balaban J connectivity index is 1.80. The van der Waals surface area contributed by atoms with Crippen molar-refractivity contribution in [3.63, 3.8) is 0 Å². The van der Waals surface area contributed by atoms with E-state index in [0.29, 0.717) is 5.69 Å². The molecule has 0 spiro atoms. The topological polar surface area (TPSA) is 129 Å². The molecule has 32 heavy (non-hydrogen) atoms. The molecule has 1 aromatic carbocycles. The lowest BCUT2D eigenvalue weighted by molar-refractivity contribution is 0.0963. The summed E-state index contributed by atoms with van der Waals surface area (Å²) in [5.74, 6) is -0.672. The third kappa shape index (κ3) is 3.57. The van der Waals surface area contributed by atoms with Gasteiger partial charge in [-0.3, -0.25) is 10.1 Å². The number of aryl methyl sites for hydroxylation is 1. The molecular formula is C21H25N9O2. The largest absolute Gasteiger partial charge is 0.364 e. The summed E-state index contributed by atoms with van der Waals surface area (Å²) in [6.07, 6.45) is 1.21.